The van der Waals surface area contributed by atoms with Crippen LogP contribution in [0.5, 0.6) is 0 Å². The molecule has 4 aliphatic rings. The molecule has 0 amide bonds. The molecule has 0 saturated heterocycles. The van der Waals surface area contributed by atoms with Crippen LogP contribution < -0.4 is 39.9 Å². The maximum Gasteiger partial charge on any atom is 1.00 e. The molecule has 21 heteroatoms. The number of aliphatic carboxylic acids is 1. The van der Waals surface area contributed by atoms with Crippen LogP contribution in [0.25, 0.3) is 0 Å². The molecule has 0 aliphatic heterocycles. The fourth-order valence-electron chi connectivity index (χ4n) is 6.35. The number of aromatic nitrogens is 1. The number of aliphatic imine (C=N–C) groups is 1. The summed E-state index contributed by atoms with van der Waals surface area (Å²) in [5, 5.41) is 19.9. The van der Waals surface area contributed by atoms with E-state index in [-0.39, 0.29) is 53.2 Å². The third kappa shape index (κ3) is 20.3. The Kier molecular flexibility index (Phi) is 25.2. The molecular weight excluding hydrogens is 802 g/mol. The number of aromatic amines is 1. The molecule has 0 aromatic carbocycles. The summed E-state index contributed by atoms with van der Waals surface area (Å²) >= 11 is 0. The number of fused-ring (bicyclic) bond motifs is 4. The van der Waals surface area contributed by atoms with Gasteiger partial charge in [-0.2, -0.15) is 0 Å². The minimum Gasteiger partial charge on any atom is -0.748 e. The van der Waals surface area contributed by atoms with Gasteiger partial charge < -0.3 is 38.8 Å². The summed E-state index contributed by atoms with van der Waals surface area (Å²) in [5.41, 5.74) is 0. The van der Waals surface area contributed by atoms with Gasteiger partial charge in [-0.15, -0.1) is 0 Å². The zero-order chi connectivity index (χ0) is 42.6. The van der Waals surface area contributed by atoms with Crippen molar-refractivity contribution in [3.63, 3.8) is 0 Å². The fourth-order valence-corrected chi connectivity index (χ4v) is 6.86. The third-order valence-corrected chi connectivity index (χ3v) is 10.1. The molecule has 2 saturated carbocycles. The summed E-state index contributed by atoms with van der Waals surface area (Å²) in [6.07, 6.45) is 14.6. The van der Waals surface area contributed by atoms with Crippen molar-refractivity contribution < 1.29 is 104 Å². The predicted molar refractivity (Wildman–Crippen MR) is 199 cm³/mol. The van der Waals surface area contributed by atoms with Crippen LogP contribution in [0, 0.1) is 47.3 Å². The van der Waals surface area contributed by atoms with Gasteiger partial charge in [-0.25, -0.2) is 21.8 Å². The Morgan fingerprint density at radius 3 is 1.49 bits per heavy atom. The number of carboxylic acids is 1. The molecule has 8 atom stereocenters. The van der Waals surface area contributed by atoms with E-state index in [0.29, 0.717) is 18.5 Å². The molecule has 57 heavy (non-hydrogen) atoms. The molecule has 4 N–H and O–H groups in total. The molecule has 5 rings (SSSR count). The van der Waals surface area contributed by atoms with Crippen LogP contribution >= 0.6 is 0 Å². The Morgan fingerprint density at radius 1 is 0.772 bits per heavy atom. The van der Waals surface area contributed by atoms with Gasteiger partial charge in [0.25, 0.3) is 0 Å². The van der Waals surface area contributed by atoms with E-state index in [0.717, 1.165) is 6.42 Å². The Morgan fingerprint density at radius 2 is 1.19 bits per heavy atom. The van der Waals surface area contributed by atoms with Crippen LogP contribution in [0.1, 0.15) is 40.5 Å². The number of hydrogen-bond acceptors (Lipinski definition) is 15. The molecule has 4 bridgehead atoms. The number of hydrogen-bond donors (Lipinski definition) is 3. The molecule has 316 valence electrons. The summed E-state index contributed by atoms with van der Waals surface area (Å²) in [5.74, 6) is -6.25. The van der Waals surface area contributed by atoms with Gasteiger partial charge in [0, 0.05) is 24.2 Å². The normalized spacial score (nSPS) is 24.6. The van der Waals surface area contributed by atoms with Crippen LogP contribution in [-0.2, 0) is 53.6 Å². The van der Waals surface area contributed by atoms with E-state index in [1.54, 1.807) is 6.34 Å². The summed E-state index contributed by atoms with van der Waals surface area (Å²) in [7, 11) is -6.04. The summed E-state index contributed by atoms with van der Waals surface area (Å²) < 4.78 is 74.0. The van der Waals surface area contributed by atoms with Gasteiger partial charge in [-0.1, -0.05) is 30.4 Å². The number of nitrogens with one attached hydrogen (secondary N) is 2. The molecule has 4 aliphatic carbocycles. The van der Waals surface area contributed by atoms with Crippen molar-refractivity contribution in [1.82, 2.24) is 5.32 Å². The van der Waals surface area contributed by atoms with Gasteiger partial charge in [-0.3, -0.25) is 24.2 Å². The molecule has 1 heterocycles. The standard InChI is InChI=1S/C12H16O7S.C10H12O4.C7H16N2.C5H5N.C2H6O4S.Na/c1-18-11(13)9-7-2-3-8(6-7)10(9)12(14)19-4-5-20(15,16)17;1-14-10(13)8-6-3-2-5(4-6)7(8)9(11)12;1-6(2)8-5-9-7(3)4;1-2-4-6-5-3-1;3-1-2-7(4,5)6;/h2-3,7-10H,4-6H2,1H3,(H,15,16,17);2-3,5-8H,4H2,1H3,(H,11,12);5-7H,1-4H3,(H,8,9);1-5H;3H,1-2H2,(H,4,5,6);/q;;;;;+1/p-1. The number of ether oxygens (including phenoxy) is 3. The van der Waals surface area contributed by atoms with E-state index >= 15 is 0 Å². The predicted octanol–water partition coefficient (Wildman–Crippen LogP) is -2.18. The van der Waals surface area contributed by atoms with E-state index in [4.69, 9.17) is 19.7 Å². The van der Waals surface area contributed by atoms with Crippen molar-refractivity contribution in [2.45, 2.75) is 52.6 Å². The van der Waals surface area contributed by atoms with Crippen molar-refractivity contribution in [1.29, 1.82) is 0 Å². The number of H-pyrrole nitrogens is 1. The zero-order valence-corrected chi connectivity index (χ0v) is 36.9. The molecule has 1 aromatic rings. The van der Waals surface area contributed by atoms with Gasteiger partial charge in [0.2, 0.25) is 0 Å². The minimum absolute atomic E-state index is 0. The third-order valence-electron chi connectivity index (χ3n) is 8.73. The maximum absolute atomic E-state index is 12.0. The van der Waals surface area contributed by atoms with E-state index in [1.807, 2.05) is 54.9 Å². The molecular formula is C36H54N3NaO15S2. The Labute approximate surface area is 356 Å². The van der Waals surface area contributed by atoms with Crippen LogP contribution in [0.3, 0.4) is 0 Å². The number of methoxy groups -OCH3 is 2. The monoisotopic (exact) mass is 855 g/mol. The number of rotatable bonds is 12. The van der Waals surface area contributed by atoms with E-state index in [9.17, 15) is 45.1 Å². The average molecular weight is 856 g/mol. The Balaban J connectivity index is 0.000000740. The largest absolute Gasteiger partial charge is 1.00 e. The second-order valence-corrected chi connectivity index (χ2v) is 16.6. The quantitative estimate of drug-likeness (QED) is 0.0383. The number of allylic oxidation sites excluding steroid dienone is 4. The number of pyridine rings is 1. The summed E-state index contributed by atoms with van der Waals surface area (Å²) in [6, 6.07) is 6.75. The van der Waals surface area contributed by atoms with Crippen molar-refractivity contribution >= 4 is 50.5 Å². The van der Waals surface area contributed by atoms with Crippen LogP contribution in [0.4, 0.5) is 0 Å². The Hall–Kier alpha value is -3.24. The molecule has 8 unspecified atom stereocenters. The van der Waals surface area contributed by atoms with Gasteiger partial charge in [0.05, 0.1) is 82.6 Å². The van der Waals surface area contributed by atoms with E-state index in [1.165, 1.54) is 14.2 Å². The van der Waals surface area contributed by atoms with Crippen LogP contribution in [0.2, 0.25) is 0 Å². The topological polar surface area (TPSA) is 289 Å². The molecule has 1 aromatic heterocycles. The first-order chi connectivity index (χ1) is 26.2. The van der Waals surface area contributed by atoms with Gasteiger partial charge in [0.15, 0.2) is 12.4 Å². The molecule has 2 fully saturated rings. The smallest absolute Gasteiger partial charge is 0.748 e. The first-order valence-electron chi connectivity index (χ1n) is 17.8. The van der Waals surface area contributed by atoms with Crippen LogP contribution in [-0.4, -0.2) is 117 Å². The number of aliphatic hydroxyl groups is 1. The van der Waals surface area contributed by atoms with Crippen molar-refractivity contribution in [2.24, 2.45) is 52.3 Å². The average Bonchev–Trinajstić information content (AvgIpc) is 3.93. The molecule has 18 nitrogen and oxygen atoms in total. The molecule has 0 spiro atoms. The summed E-state index contributed by atoms with van der Waals surface area (Å²) in [4.78, 5) is 53.1. The number of carboxylic acid groups (broad SMARTS) is 1. The van der Waals surface area contributed by atoms with Crippen LogP contribution in [0.15, 0.2) is 59.9 Å². The SMILES string of the molecule is CC(C)N=CNC(C)C.COC(=O)C1C2C=CC(C2)C1C(=O)O.COC(=O)C1C2C=CC(C2)C1C(=O)OCCS(=O)(=O)[O-].O=S(=O)([O-])CCO.[Na+].c1cc[nH+]cc1. The maximum atomic E-state index is 12.0. The Bertz CT molecular complexity index is 1680. The number of nitrogens with zero attached hydrogens (tertiary/aromatic N) is 1. The second-order valence-electron chi connectivity index (χ2n) is 13.6. The van der Waals surface area contributed by atoms with Crippen molar-refractivity contribution in [3.05, 3.63) is 54.9 Å². The first kappa shape index (κ1) is 53.8. The van der Waals surface area contributed by atoms with Gasteiger partial charge in [0.1, 0.15) is 6.61 Å². The number of aliphatic hydroxyl groups excluding tert-OH is 1. The van der Waals surface area contributed by atoms with E-state index < -0.39 is 92.5 Å². The van der Waals surface area contributed by atoms with E-state index in [2.05, 4.69) is 47.7 Å². The second kappa shape index (κ2) is 26.7. The summed E-state index contributed by atoms with van der Waals surface area (Å²) in [6.45, 7) is 7.21. The fraction of sp³-hybridized carbons (Fsp3) is 0.611. The number of esters is 3. The number of carbonyl (C=O) groups is 4. The minimum atomic E-state index is -4.42. The number of carbonyl (C=O) groups excluding carboxylic acids is 3. The molecule has 0 radical (unpaired) electrons. The zero-order valence-electron chi connectivity index (χ0n) is 33.3. The van der Waals surface area contributed by atoms with Crippen molar-refractivity contribution in [3.8, 4) is 0 Å². The van der Waals surface area contributed by atoms with Gasteiger partial charge in [-0.05, 0) is 64.2 Å². The van der Waals surface area contributed by atoms with Gasteiger partial charge >= 0.3 is 53.4 Å². The first-order valence-corrected chi connectivity index (χ1v) is 20.9. The van der Waals surface area contributed by atoms with Crippen molar-refractivity contribution in [2.75, 3.05) is 38.9 Å².